The van der Waals surface area contributed by atoms with Gasteiger partial charge >= 0.3 is 0 Å². The first-order valence-electron chi connectivity index (χ1n) is 6.69. The number of nitrogens with two attached hydrogens (primary N) is 1. The van der Waals surface area contributed by atoms with Crippen molar-refractivity contribution in [3.63, 3.8) is 0 Å². The summed E-state index contributed by atoms with van der Waals surface area (Å²) in [7, 11) is 0. The summed E-state index contributed by atoms with van der Waals surface area (Å²) >= 11 is 1.98. The van der Waals surface area contributed by atoms with Crippen LogP contribution in [0.15, 0.2) is 30.3 Å². The highest BCUT2D eigenvalue weighted by atomic mass is 32.2. The molecule has 0 aliphatic carbocycles. The van der Waals surface area contributed by atoms with Crippen molar-refractivity contribution in [2.24, 2.45) is 0 Å². The van der Waals surface area contributed by atoms with E-state index in [4.69, 9.17) is 5.73 Å². The molecule has 1 unspecified atom stereocenters. The second-order valence-corrected chi connectivity index (χ2v) is 6.07. The maximum absolute atomic E-state index is 5.76. The molecule has 0 saturated heterocycles. The summed E-state index contributed by atoms with van der Waals surface area (Å²) in [5.41, 5.74) is 7.52. The molecule has 1 heterocycles. The normalized spacial score (nSPS) is 12.5. The van der Waals surface area contributed by atoms with Gasteiger partial charge in [-0.05, 0) is 55.2 Å². The van der Waals surface area contributed by atoms with E-state index in [0.717, 1.165) is 28.8 Å². The van der Waals surface area contributed by atoms with Gasteiger partial charge in [0.25, 0.3) is 0 Å². The van der Waals surface area contributed by atoms with Crippen molar-refractivity contribution in [3.05, 3.63) is 30.3 Å². The van der Waals surface area contributed by atoms with Crippen LogP contribution in [-0.2, 0) is 0 Å². The number of pyridine rings is 1. The van der Waals surface area contributed by atoms with Crippen molar-refractivity contribution in [2.75, 3.05) is 22.6 Å². The Morgan fingerprint density at radius 3 is 2.95 bits per heavy atom. The Labute approximate surface area is 119 Å². The van der Waals surface area contributed by atoms with Gasteiger partial charge < -0.3 is 11.1 Å². The fraction of sp³-hybridized carbons (Fsp3) is 0.400. The number of fused-ring (bicyclic) bond motifs is 1. The topological polar surface area (TPSA) is 50.9 Å². The van der Waals surface area contributed by atoms with E-state index in [2.05, 4.69) is 30.2 Å². The number of hydrogen-bond donors (Lipinski definition) is 2. The quantitative estimate of drug-likeness (QED) is 0.622. The van der Waals surface area contributed by atoms with Crippen LogP contribution in [0, 0.1) is 0 Å². The molecular weight excluding hydrogens is 254 g/mol. The molecule has 2 rings (SSSR count). The molecule has 3 N–H and O–H groups in total. The minimum Gasteiger partial charge on any atom is -0.399 e. The maximum Gasteiger partial charge on any atom is 0.126 e. The van der Waals surface area contributed by atoms with Gasteiger partial charge in [0, 0.05) is 17.1 Å². The summed E-state index contributed by atoms with van der Waals surface area (Å²) in [6, 6.07) is 10.3. The highest BCUT2D eigenvalue weighted by Crippen LogP contribution is 2.18. The second kappa shape index (κ2) is 6.66. The largest absolute Gasteiger partial charge is 0.399 e. The van der Waals surface area contributed by atoms with Crippen LogP contribution < -0.4 is 11.1 Å². The first-order chi connectivity index (χ1) is 9.19. The number of thioether (sulfide) groups is 1. The number of nitrogens with one attached hydrogen (secondary N) is 1. The van der Waals surface area contributed by atoms with Gasteiger partial charge in [-0.2, -0.15) is 11.8 Å². The summed E-state index contributed by atoms with van der Waals surface area (Å²) in [5, 5.41) is 4.53. The summed E-state index contributed by atoms with van der Waals surface area (Å²) in [4.78, 5) is 4.61. The molecule has 1 atom stereocenters. The Morgan fingerprint density at radius 2 is 2.16 bits per heavy atom. The van der Waals surface area contributed by atoms with Crippen LogP contribution in [0.1, 0.15) is 20.3 Å². The van der Waals surface area contributed by atoms with Gasteiger partial charge in [0.05, 0.1) is 5.52 Å². The molecule has 19 heavy (non-hydrogen) atoms. The predicted molar refractivity (Wildman–Crippen MR) is 86.9 cm³/mol. The van der Waals surface area contributed by atoms with Crippen molar-refractivity contribution >= 4 is 34.2 Å². The van der Waals surface area contributed by atoms with Gasteiger partial charge in [-0.15, -0.1) is 0 Å². The van der Waals surface area contributed by atoms with Gasteiger partial charge in [0.1, 0.15) is 5.82 Å². The third kappa shape index (κ3) is 4.03. The number of hydrogen-bond acceptors (Lipinski definition) is 4. The fourth-order valence-corrected chi connectivity index (χ4v) is 2.76. The molecule has 0 aliphatic heterocycles. The molecule has 0 bridgehead atoms. The van der Waals surface area contributed by atoms with Crippen molar-refractivity contribution in [2.45, 2.75) is 26.3 Å². The van der Waals surface area contributed by atoms with Crippen LogP contribution >= 0.6 is 11.8 Å². The van der Waals surface area contributed by atoms with E-state index in [0.29, 0.717) is 6.04 Å². The molecule has 4 heteroatoms. The van der Waals surface area contributed by atoms with Crippen molar-refractivity contribution in [3.8, 4) is 0 Å². The minimum absolute atomic E-state index is 0.442. The Kier molecular flexibility index (Phi) is 4.91. The summed E-state index contributed by atoms with van der Waals surface area (Å²) < 4.78 is 0. The average Bonchev–Trinajstić information content (AvgIpc) is 2.39. The molecule has 0 amide bonds. The Morgan fingerprint density at radius 1 is 1.32 bits per heavy atom. The zero-order valence-electron chi connectivity index (χ0n) is 11.5. The van der Waals surface area contributed by atoms with Crippen LogP contribution in [0.2, 0.25) is 0 Å². The van der Waals surface area contributed by atoms with Crippen LogP contribution in [-0.4, -0.2) is 22.5 Å². The van der Waals surface area contributed by atoms with Gasteiger partial charge in [0.2, 0.25) is 0 Å². The minimum atomic E-state index is 0.442. The lowest BCUT2D eigenvalue weighted by molar-refractivity contribution is 0.767. The summed E-state index contributed by atoms with van der Waals surface area (Å²) in [6.45, 7) is 4.39. The number of anilines is 2. The van der Waals surface area contributed by atoms with Gasteiger partial charge in [-0.3, -0.25) is 0 Å². The van der Waals surface area contributed by atoms with E-state index in [1.54, 1.807) is 0 Å². The molecule has 0 aliphatic rings. The Balaban J connectivity index is 2.02. The third-order valence-corrected chi connectivity index (χ3v) is 3.94. The van der Waals surface area contributed by atoms with E-state index in [9.17, 15) is 0 Å². The van der Waals surface area contributed by atoms with E-state index in [-0.39, 0.29) is 0 Å². The van der Waals surface area contributed by atoms with Crippen molar-refractivity contribution < 1.29 is 0 Å². The lowest BCUT2D eigenvalue weighted by Crippen LogP contribution is -2.16. The Bertz CT molecular complexity index is 542. The van der Waals surface area contributed by atoms with E-state index >= 15 is 0 Å². The molecule has 0 spiro atoms. The van der Waals surface area contributed by atoms with E-state index in [1.807, 2.05) is 36.0 Å². The average molecular weight is 275 g/mol. The second-order valence-electron chi connectivity index (χ2n) is 4.68. The number of nitrogen functional groups attached to an aromatic ring is 1. The molecule has 0 radical (unpaired) electrons. The number of rotatable bonds is 6. The van der Waals surface area contributed by atoms with Crippen LogP contribution in [0.4, 0.5) is 11.5 Å². The zero-order chi connectivity index (χ0) is 13.7. The summed E-state index contributed by atoms with van der Waals surface area (Å²) in [5.74, 6) is 3.31. The van der Waals surface area contributed by atoms with Crippen LogP contribution in [0.5, 0.6) is 0 Å². The highest BCUT2D eigenvalue weighted by Gasteiger charge is 2.04. The van der Waals surface area contributed by atoms with Crippen LogP contribution in [0.25, 0.3) is 10.9 Å². The van der Waals surface area contributed by atoms with Crippen molar-refractivity contribution in [1.82, 2.24) is 4.98 Å². The fourth-order valence-electron chi connectivity index (χ4n) is 1.95. The van der Waals surface area contributed by atoms with Gasteiger partial charge in [0.15, 0.2) is 0 Å². The lowest BCUT2D eigenvalue weighted by atomic mass is 10.2. The molecule has 0 fully saturated rings. The van der Waals surface area contributed by atoms with E-state index < -0.39 is 0 Å². The van der Waals surface area contributed by atoms with Crippen LogP contribution in [0.3, 0.4) is 0 Å². The molecule has 102 valence electrons. The number of benzene rings is 1. The van der Waals surface area contributed by atoms with Gasteiger partial charge in [-0.25, -0.2) is 4.98 Å². The first kappa shape index (κ1) is 14.0. The van der Waals surface area contributed by atoms with Gasteiger partial charge in [-0.1, -0.05) is 6.92 Å². The molecule has 1 aromatic heterocycles. The molecule has 0 saturated carbocycles. The first-order valence-corrected chi connectivity index (χ1v) is 7.85. The smallest absolute Gasteiger partial charge is 0.126 e. The number of aromatic nitrogens is 1. The monoisotopic (exact) mass is 275 g/mol. The molecule has 3 nitrogen and oxygen atoms in total. The highest BCUT2D eigenvalue weighted by molar-refractivity contribution is 7.99. The maximum atomic E-state index is 5.76. The lowest BCUT2D eigenvalue weighted by Gasteiger charge is -2.14. The van der Waals surface area contributed by atoms with Crippen molar-refractivity contribution in [1.29, 1.82) is 0 Å². The molecule has 2 aromatic rings. The third-order valence-electron chi connectivity index (χ3n) is 3.01. The number of nitrogens with zero attached hydrogens (tertiary/aromatic N) is 1. The zero-order valence-corrected chi connectivity index (χ0v) is 12.3. The molecular formula is C15H21N3S. The Hall–Kier alpha value is -1.42. The standard InChI is InChI=1S/C15H21N3S/c1-3-19-9-8-11(2)17-15-7-4-12-10-13(16)5-6-14(12)18-15/h4-7,10-11H,3,8-9,16H2,1-2H3,(H,17,18). The SMILES string of the molecule is CCSCCC(C)Nc1ccc2cc(N)ccc2n1. The summed E-state index contributed by atoms with van der Waals surface area (Å²) in [6.07, 6.45) is 1.15. The molecule has 1 aromatic carbocycles. The van der Waals surface area contributed by atoms with E-state index in [1.165, 1.54) is 11.5 Å². The predicted octanol–water partition coefficient (Wildman–Crippen LogP) is 3.76.